The number of anilines is 1. The van der Waals surface area contributed by atoms with Gasteiger partial charge < -0.3 is 14.6 Å². The Kier molecular flexibility index (Phi) is 4.57. The van der Waals surface area contributed by atoms with Crippen LogP contribution < -0.4 is 10.1 Å². The first kappa shape index (κ1) is 15.1. The summed E-state index contributed by atoms with van der Waals surface area (Å²) in [7, 11) is 0. The fourth-order valence-corrected chi connectivity index (χ4v) is 2.24. The quantitative estimate of drug-likeness (QED) is 0.744. The van der Waals surface area contributed by atoms with Crippen LogP contribution in [0.1, 0.15) is 18.4 Å². The number of aromatic nitrogens is 2. The predicted molar refractivity (Wildman–Crippen MR) is 89.4 cm³/mol. The SMILES string of the molecule is CCOc1ccc(-c2noc(CNc3cccc(C)c3)n2)cc1. The van der Waals surface area contributed by atoms with E-state index in [0.29, 0.717) is 24.9 Å². The second-order valence-corrected chi connectivity index (χ2v) is 5.19. The van der Waals surface area contributed by atoms with E-state index in [1.54, 1.807) is 0 Å². The molecule has 0 aliphatic rings. The fourth-order valence-electron chi connectivity index (χ4n) is 2.24. The third kappa shape index (κ3) is 3.88. The Labute approximate surface area is 135 Å². The van der Waals surface area contributed by atoms with E-state index in [9.17, 15) is 0 Å². The van der Waals surface area contributed by atoms with Gasteiger partial charge in [-0.1, -0.05) is 17.3 Å². The van der Waals surface area contributed by atoms with Gasteiger partial charge in [0.25, 0.3) is 0 Å². The Hall–Kier alpha value is -2.82. The van der Waals surface area contributed by atoms with Crippen molar-refractivity contribution in [3.63, 3.8) is 0 Å². The second-order valence-electron chi connectivity index (χ2n) is 5.19. The molecule has 1 N–H and O–H groups in total. The predicted octanol–water partition coefficient (Wildman–Crippen LogP) is 4.06. The molecule has 3 aromatic rings. The monoisotopic (exact) mass is 309 g/mol. The standard InChI is InChI=1S/C18H19N3O2/c1-3-22-16-9-7-14(8-10-16)18-20-17(23-21-18)12-19-15-6-4-5-13(2)11-15/h4-11,19H,3,12H2,1-2H3. The molecule has 0 saturated heterocycles. The van der Waals surface area contributed by atoms with E-state index in [2.05, 4.69) is 34.5 Å². The minimum Gasteiger partial charge on any atom is -0.494 e. The first-order chi connectivity index (χ1) is 11.2. The summed E-state index contributed by atoms with van der Waals surface area (Å²) in [5.41, 5.74) is 3.14. The van der Waals surface area contributed by atoms with Crippen molar-refractivity contribution in [3.05, 3.63) is 60.0 Å². The molecule has 0 aliphatic carbocycles. The summed E-state index contributed by atoms with van der Waals surface area (Å²) in [5.74, 6) is 1.96. The van der Waals surface area contributed by atoms with Crippen LogP contribution in [0.15, 0.2) is 53.1 Å². The van der Waals surface area contributed by atoms with E-state index in [-0.39, 0.29) is 0 Å². The lowest BCUT2D eigenvalue weighted by Crippen LogP contribution is -1.99. The van der Waals surface area contributed by atoms with Crippen LogP contribution in [0.4, 0.5) is 5.69 Å². The Morgan fingerprint density at radius 2 is 1.96 bits per heavy atom. The van der Waals surface area contributed by atoms with Crippen LogP contribution in [-0.4, -0.2) is 16.7 Å². The molecule has 2 aromatic carbocycles. The minimum atomic E-state index is 0.494. The van der Waals surface area contributed by atoms with E-state index in [0.717, 1.165) is 17.0 Å². The average Bonchev–Trinajstić information content (AvgIpc) is 3.03. The number of nitrogens with one attached hydrogen (secondary N) is 1. The largest absolute Gasteiger partial charge is 0.494 e. The molecule has 1 heterocycles. The van der Waals surface area contributed by atoms with Crippen molar-refractivity contribution in [1.82, 2.24) is 10.1 Å². The fraction of sp³-hybridized carbons (Fsp3) is 0.222. The van der Waals surface area contributed by atoms with Gasteiger partial charge in [-0.25, -0.2) is 0 Å². The van der Waals surface area contributed by atoms with Gasteiger partial charge >= 0.3 is 0 Å². The van der Waals surface area contributed by atoms with Crippen molar-refractivity contribution in [2.24, 2.45) is 0 Å². The smallest absolute Gasteiger partial charge is 0.246 e. The van der Waals surface area contributed by atoms with Crippen LogP contribution in [0.3, 0.4) is 0 Å². The topological polar surface area (TPSA) is 60.2 Å². The molecule has 1 aromatic heterocycles. The summed E-state index contributed by atoms with van der Waals surface area (Å²) >= 11 is 0. The first-order valence-corrected chi connectivity index (χ1v) is 7.61. The third-order valence-electron chi connectivity index (χ3n) is 3.35. The Morgan fingerprint density at radius 1 is 1.13 bits per heavy atom. The van der Waals surface area contributed by atoms with E-state index in [1.165, 1.54) is 5.56 Å². The van der Waals surface area contributed by atoms with Crippen molar-refractivity contribution >= 4 is 5.69 Å². The summed E-state index contributed by atoms with van der Waals surface area (Å²) in [6.45, 7) is 5.16. The molecule has 3 rings (SSSR count). The summed E-state index contributed by atoms with van der Waals surface area (Å²) < 4.78 is 10.7. The molecule has 0 bridgehead atoms. The molecular weight excluding hydrogens is 290 g/mol. The molecule has 0 amide bonds. The van der Waals surface area contributed by atoms with E-state index in [4.69, 9.17) is 9.26 Å². The van der Waals surface area contributed by atoms with Crippen LogP contribution in [0.2, 0.25) is 0 Å². The van der Waals surface area contributed by atoms with Crippen molar-refractivity contribution in [2.45, 2.75) is 20.4 Å². The maximum absolute atomic E-state index is 5.42. The molecule has 0 spiro atoms. The zero-order valence-corrected chi connectivity index (χ0v) is 13.2. The van der Waals surface area contributed by atoms with Gasteiger partial charge in [0.1, 0.15) is 5.75 Å². The number of aryl methyl sites for hydroxylation is 1. The highest BCUT2D eigenvalue weighted by molar-refractivity contribution is 5.55. The van der Waals surface area contributed by atoms with Gasteiger partial charge in [-0.15, -0.1) is 0 Å². The highest BCUT2D eigenvalue weighted by Crippen LogP contribution is 2.20. The zero-order valence-electron chi connectivity index (χ0n) is 13.2. The molecule has 0 atom stereocenters. The molecule has 23 heavy (non-hydrogen) atoms. The average molecular weight is 309 g/mol. The maximum Gasteiger partial charge on any atom is 0.246 e. The van der Waals surface area contributed by atoms with Crippen LogP contribution in [0.25, 0.3) is 11.4 Å². The van der Waals surface area contributed by atoms with Crippen LogP contribution in [-0.2, 0) is 6.54 Å². The van der Waals surface area contributed by atoms with Gasteiger partial charge in [-0.05, 0) is 55.8 Å². The number of ether oxygens (including phenoxy) is 1. The lowest BCUT2D eigenvalue weighted by molar-refractivity contribution is 0.340. The van der Waals surface area contributed by atoms with Gasteiger partial charge in [0.15, 0.2) is 0 Å². The molecule has 118 valence electrons. The maximum atomic E-state index is 5.42. The lowest BCUT2D eigenvalue weighted by Gasteiger charge is -2.03. The molecule has 0 saturated carbocycles. The summed E-state index contributed by atoms with van der Waals surface area (Å²) in [6, 6.07) is 15.8. The summed E-state index contributed by atoms with van der Waals surface area (Å²) in [6.07, 6.45) is 0. The molecule has 0 unspecified atom stereocenters. The van der Waals surface area contributed by atoms with Crippen molar-refractivity contribution in [3.8, 4) is 17.1 Å². The van der Waals surface area contributed by atoms with Gasteiger partial charge in [-0.3, -0.25) is 0 Å². The van der Waals surface area contributed by atoms with Gasteiger partial charge in [0.2, 0.25) is 11.7 Å². The Morgan fingerprint density at radius 3 is 2.70 bits per heavy atom. The van der Waals surface area contributed by atoms with Gasteiger partial charge in [0, 0.05) is 11.3 Å². The number of nitrogens with zero attached hydrogens (tertiary/aromatic N) is 2. The molecule has 0 aliphatic heterocycles. The van der Waals surface area contributed by atoms with Crippen molar-refractivity contribution in [2.75, 3.05) is 11.9 Å². The van der Waals surface area contributed by atoms with Crippen molar-refractivity contribution < 1.29 is 9.26 Å². The number of hydrogen-bond donors (Lipinski definition) is 1. The summed E-state index contributed by atoms with van der Waals surface area (Å²) in [4.78, 5) is 4.41. The Balaban J connectivity index is 1.65. The highest BCUT2D eigenvalue weighted by atomic mass is 16.5. The van der Waals surface area contributed by atoms with Crippen LogP contribution in [0, 0.1) is 6.92 Å². The molecule has 0 fully saturated rings. The van der Waals surface area contributed by atoms with Gasteiger partial charge in [-0.2, -0.15) is 4.98 Å². The second kappa shape index (κ2) is 6.96. The zero-order chi connectivity index (χ0) is 16.1. The first-order valence-electron chi connectivity index (χ1n) is 7.61. The summed E-state index contributed by atoms with van der Waals surface area (Å²) in [5, 5.41) is 7.30. The van der Waals surface area contributed by atoms with Crippen molar-refractivity contribution in [1.29, 1.82) is 0 Å². The minimum absolute atomic E-state index is 0.494. The molecule has 5 nitrogen and oxygen atoms in total. The van der Waals surface area contributed by atoms with Crippen LogP contribution >= 0.6 is 0 Å². The number of rotatable bonds is 6. The normalized spacial score (nSPS) is 10.5. The van der Waals surface area contributed by atoms with E-state index >= 15 is 0 Å². The van der Waals surface area contributed by atoms with E-state index < -0.39 is 0 Å². The Bertz CT molecular complexity index is 766. The molecular formula is C18H19N3O2. The molecule has 5 heteroatoms. The van der Waals surface area contributed by atoms with E-state index in [1.807, 2.05) is 43.3 Å². The molecule has 0 radical (unpaired) electrons. The highest BCUT2D eigenvalue weighted by Gasteiger charge is 2.08. The van der Waals surface area contributed by atoms with Gasteiger partial charge in [0.05, 0.1) is 13.2 Å². The van der Waals surface area contributed by atoms with Crippen LogP contribution in [0.5, 0.6) is 5.75 Å². The lowest BCUT2D eigenvalue weighted by atomic mass is 10.2. The number of benzene rings is 2. The number of hydrogen-bond acceptors (Lipinski definition) is 5. The third-order valence-corrected chi connectivity index (χ3v) is 3.35.